The Kier molecular flexibility index (Phi) is 5.61. The molecule has 3 N–H and O–H groups in total. The number of amides is 1. The largest absolute Gasteiger partial charge is 0.363 e. The van der Waals surface area contributed by atoms with E-state index < -0.39 is 6.10 Å². The number of hydrogen-bond donors (Lipinski definition) is 2. The average molecular weight is 301 g/mol. The molecule has 17 heavy (non-hydrogen) atoms. The first-order valence-corrected chi connectivity index (χ1v) is 6.21. The molecule has 1 atom stereocenters. The highest BCUT2D eigenvalue weighted by Gasteiger charge is 2.22. The zero-order chi connectivity index (χ0) is 12.8. The van der Waals surface area contributed by atoms with E-state index in [0.717, 1.165) is 10.0 Å². The van der Waals surface area contributed by atoms with Crippen LogP contribution in [-0.4, -0.2) is 12.0 Å². The van der Waals surface area contributed by atoms with Crippen molar-refractivity contribution in [3.63, 3.8) is 0 Å². The first-order chi connectivity index (χ1) is 8.06. The summed E-state index contributed by atoms with van der Waals surface area (Å²) in [4.78, 5) is 11.5. The fourth-order valence-corrected chi connectivity index (χ4v) is 1.85. The monoisotopic (exact) mass is 300 g/mol. The molecule has 1 unspecified atom stereocenters. The summed E-state index contributed by atoms with van der Waals surface area (Å²) in [7, 11) is 0. The molecule has 1 rings (SSSR count). The second-order valence-electron chi connectivity index (χ2n) is 4.08. The maximum Gasteiger partial charge on any atom is 0.263 e. The molecule has 94 valence electrons. The number of benzene rings is 1. The van der Waals surface area contributed by atoms with Gasteiger partial charge in [0.05, 0.1) is 6.61 Å². The number of rotatable bonds is 5. The van der Waals surface area contributed by atoms with E-state index in [-0.39, 0.29) is 11.8 Å². The molecule has 0 aromatic heterocycles. The topological polar surface area (TPSA) is 64.3 Å². The first-order valence-electron chi connectivity index (χ1n) is 5.41. The molecule has 0 bridgehead atoms. The SMILES string of the molecule is CC(C)C(OCc1ccccc1Br)C(=O)NN. The van der Waals surface area contributed by atoms with Gasteiger partial charge in [0.25, 0.3) is 5.91 Å². The van der Waals surface area contributed by atoms with Crippen LogP contribution in [0.4, 0.5) is 0 Å². The summed E-state index contributed by atoms with van der Waals surface area (Å²) in [5.41, 5.74) is 3.12. The molecule has 5 heteroatoms. The van der Waals surface area contributed by atoms with E-state index in [1.54, 1.807) is 0 Å². The Morgan fingerprint density at radius 3 is 2.65 bits per heavy atom. The highest BCUT2D eigenvalue weighted by atomic mass is 79.9. The molecule has 0 saturated heterocycles. The van der Waals surface area contributed by atoms with Crippen LogP contribution in [0.1, 0.15) is 19.4 Å². The summed E-state index contributed by atoms with van der Waals surface area (Å²) in [5.74, 6) is 4.89. The van der Waals surface area contributed by atoms with E-state index in [1.807, 2.05) is 38.1 Å². The summed E-state index contributed by atoms with van der Waals surface area (Å²) in [6, 6.07) is 7.74. The van der Waals surface area contributed by atoms with Crippen LogP contribution in [0.5, 0.6) is 0 Å². The maximum atomic E-state index is 11.5. The molecule has 1 amide bonds. The van der Waals surface area contributed by atoms with Gasteiger partial charge in [0.2, 0.25) is 0 Å². The van der Waals surface area contributed by atoms with Gasteiger partial charge in [-0.1, -0.05) is 48.0 Å². The Balaban J connectivity index is 2.64. The van der Waals surface area contributed by atoms with E-state index >= 15 is 0 Å². The Morgan fingerprint density at radius 2 is 2.12 bits per heavy atom. The molecule has 0 radical (unpaired) electrons. The molecule has 0 fully saturated rings. The minimum absolute atomic E-state index is 0.0704. The van der Waals surface area contributed by atoms with Crippen LogP contribution < -0.4 is 11.3 Å². The van der Waals surface area contributed by atoms with E-state index in [2.05, 4.69) is 21.4 Å². The first kappa shape index (κ1) is 14.2. The fourth-order valence-electron chi connectivity index (χ4n) is 1.45. The molecule has 0 saturated carbocycles. The molecular weight excluding hydrogens is 284 g/mol. The third-order valence-electron chi connectivity index (χ3n) is 2.38. The molecule has 0 aliphatic heterocycles. The Bertz CT molecular complexity index is 383. The van der Waals surface area contributed by atoms with Gasteiger partial charge < -0.3 is 4.74 Å². The number of nitrogens with one attached hydrogen (secondary N) is 1. The number of carbonyl (C=O) groups excluding carboxylic acids is 1. The van der Waals surface area contributed by atoms with Crippen LogP contribution >= 0.6 is 15.9 Å². The number of ether oxygens (including phenoxy) is 1. The molecule has 1 aromatic rings. The van der Waals surface area contributed by atoms with Crippen molar-refractivity contribution in [2.45, 2.75) is 26.6 Å². The number of hydrazine groups is 1. The zero-order valence-corrected chi connectivity index (χ0v) is 11.5. The highest BCUT2D eigenvalue weighted by molar-refractivity contribution is 9.10. The van der Waals surface area contributed by atoms with E-state index in [4.69, 9.17) is 10.6 Å². The molecule has 0 spiro atoms. The summed E-state index contributed by atoms with van der Waals surface area (Å²) < 4.78 is 6.57. The lowest BCUT2D eigenvalue weighted by molar-refractivity contribution is -0.136. The second-order valence-corrected chi connectivity index (χ2v) is 4.93. The zero-order valence-electron chi connectivity index (χ0n) is 9.94. The quantitative estimate of drug-likeness (QED) is 0.496. The van der Waals surface area contributed by atoms with Crippen molar-refractivity contribution in [3.05, 3.63) is 34.3 Å². The Morgan fingerprint density at radius 1 is 1.47 bits per heavy atom. The van der Waals surface area contributed by atoms with Crippen molar-refractivity contribution in [3.8, 4) is 0 Å². The summed E-state index contributed by atoms with van der Waals surface area (Å²) in [6.45, 7) is 4.21. The third kappa shape index (κ3) is 4.11. The van der Waals surface area contributed by atoms with Gasteiger partial charge >= 0.3 is 0 Å². The van der Waals surface area contributed by atoms with Gasteiger partial charge in [0.15, 0.2) is 0 Å². The van der Waals surface area contributed by atoms with Crippen LogP contribution in [0.3, 0.4) is 0 Å². The molecule has 0 heterocycles. The predicted octanol–water partition coefficient (Wildman–Crippen LogP) is 1.98. The smallest absolute Gasteiger partial charge is 0.263 e. The molecule has 0 aliphatic rings. The van der Waals surface area contributed by atoms with Crippen molar-refractivity contribution in [2.24, 2.45) is 11.8 Å². The van der Waals surface area contributed by atoms with Gasteiger partial charge in [0, 0.05) is 4.47 Å². The molecule has 1 aromatic carbocycles. The summed E-state index contributed by atoms with van der Waals surface area (Å²) in [5, 5.41) is 0. The lowest BCUT2D eigenvalue weighted by Gasteiger charge is -2.19. The number of carbonyl (C=O) groups is 1. The van der Waals surface area contributed by atoms with Gasteiger partial charge in [-0.25, -0.2) is 5.84 Å². The van der Waals surface area contributed by atoms with Crippen molar-refractivity contribution in [1.82, 2.24) is 5.43 Å². The van der Waals surface area contributed by atoms with E-state index in [1.165, 1.54) is 0 Å². The van der Waals surface area contributed by atoms with Crippen molar-refractivity contribution >= 4 is 21.8 Å². The van der Waals surface area contributed by atoms with Crippen LogP contribution in [0.25, 0.3) is 0 Å². The Hall–Kier alpha value is -0.910. The van der Waals surface area contributed by atoms with Crippen LogP contribution in [0, 0.1) is 5.92 Å². The van der Waals surface area contributed by atoms with Gasteiger partial charge in [0.1, 0.15) is 6.10 Å². The maximum absolute atomic E-state index is 11.5. The molecular formula is C12H17BrN2O2. The van der Waals surface area contributed by atoms with Crippen molar-refractivity contribution in [1.29, 1.82) is 0 Å². The minimum Gasteiger partial charge on any atom is -0.363 e. The summed E-state index contributed by atoms with van der Waals surface area (Å²) >= 11 is 3.43. The number of nitrogens with two attached hydrogens (primary N) is 1. The standard InChI is InChI=1S/C12H17BrN2O2/c1-8(2)11(12(16)15-14)17-7-9-5-3-4-6-10(9)13/h3-6,8,11H,7,14H2,1-2H3,(H,15,16). The van der Waals surface area contributed by atoms with E-state index in [9.17, 15) is 4.79 Å². The van der Waals surface area contributed by atoms with Crippen LogP contribution in [0.2, 0.25) is 0 Å². The Labute approximate surface area is 110 Å². The van der Waals surface area contributed by atoms with Crippen LogP contribution in [0.15, 0.2) is 28.7 Å². The fraction of sp³-hybridized carbons (Fsp3) is 0.417. The number of halogens is 1. The number of hydrogen-bond acceptors (Lipinski definition) is 3. The summed E-state index contributed by atoms with van der Waals surface area (Å²) in [6.07, 6.45) is -0.535. The van der Waals surface area contributed by atoms with E-state index in [0.29, 0.717) is 6.61 Å². The van der Waals surface area contributed by atoms with Crippen LogP contribution in [-0.2, 0) is 16.1 Å². The molecule has 0 aliphatic carbocycles. The van der Waals surface area contributed by atoms with Gasteiger partial charge in [-0.15, -0.1) is 0 Å². The van der Waals surface area contributed by atoms with Gasteiger partial charge in [-0.2, -0.15) is 0 Å². The van der Waals surface area contributed by atoms with Gasteiger partial charge in [-0.05, 0) is 17.5 Å². The lowest BCUT2D eigenvalue weighted by atomic mass is 10.1. The normalized spacial score (nSPS) is 12.5. The minimum atomic E-state index is -0.535. The molecule has 4 nitrogen and oxygen atoms in total. The second kappa shape index (κ2) is 6.74. The lowest BCUT2D eigenvalue weighted by Crippen LogP contribution is -2.43. The average Bonchev–Trinajstić information content (AvgIpc) is 2.30. The third-order valence-corrected chi connectivity index (χ3v) is 3.16. The van der Waals surface area contributed by atoms with Crippen molar-refractivity contribution in [2.75, 3.05) is 0 Å². The highest BCUT2D eigenvalue weighted by Crippen LogP contribution is 2.18. The van der Waals surface area contributed by atoms with Gasteiger partial charge in [-0.3, -0.25) is 10.2 Å². The van der Waals surface area contributed by atoms with Crippen molar-refractivity contribution < 1.29 is 9.53 Å². The predicted molar refractivity (Wildman–Crippen MR) is 69.9 cm³/mol.